The summed E-state index contributed by atoms with van der Waals surface area (Å²) in [5, 5.41) is 3.45. The summed E-state index contributed by atoms with van der Waals surface area (Å²) >= 11 is 0. The van der Waals surface area contributed by atoms with Crippen molar-refractivity contribution in [1.82, 2.24) is 5.32 Å². The van der Waals surface area contributed by atoms with Crippen molar-refractivity contribution >= 4 is 0 Å². The molecule has 1 atom stereocenters. The molecule has 2 heteroatoms. The maximum atomic E-state index is 6.16. The van der Waals surface area contributed by atoms with Crippen LogP contribution in [-0.4, -0.2) is 12.6 Å². The second-order valence-electron chi connectivity index (χ2n) is 5.68. The fourth-order valence-electron chi connectivity index (χ4n) is 2.86. The fraction of sp³-hybridized carbons (Fsp3) is 0.647. The predicted octanol–water partition coefficient (Wildman–Crippen LogP) is 4.38. The second kappa shape index (κ2) is 6.95. The van der Waals surface area contributed by atoms with E-state index in [1.807, 2.05) is 0 Å². The lowest BCUT2D eigenvalue weighted by Gasteiger charge is -2.24. The first-order valence-corrected chi connectivity index (χ1v) is 7.71. The highest BCUT2D eigenvalue weighted by molar-refractivity contribution is 5.37. The standard InChI is InChI=1S/C17H27NO/c1-4-18-14(3)15-10-11-17(13(2)12-15)19-16-8-6-5-7-9-16/h10-12,14,16,18H,4-9H2,1-3H3. The van der Waals surface area contributed by atoms with Crippen molar-refractivity contribution in [2.75, 3.05) is 6.54 Å². The average Bonchev–Trinajstić information content (AvgIpc) is 2.42. The van der Waals surface area contributed by atoms with Crippen LogP contribution in [0.3, 0.4) is 0 Å². The highest BCUT2D eigenvalue weighted by Crippen LogP contribution is 2.27. The summed E-state index contributed by atoms with van der Waals surface area (Å²) in [6.07, 6.45) is 6.88. The van der Waals surface area contributed by atoms with E-state index in [1.165, 1.54) is 43.2 Å². The van der Waals surface area contributed by atoms with Crippen LogP contribution in [0.15, 0.2) is 18.2 Å². The molecular weight excluding hydrogens is 234 g/mol. The van der Waals surface area contributed by atoms with Gasteiger partial charge in [-0.15, -0.1) is 0 Å². The van der Waals surface area contributed by atoms with Crippen molar-refractivity contribution in [3.8, 4) is 5.75 Å². The van der Waals surface area contributed by atoms with Gasteiger partial charge in [0, 0.05) is 6.04 Å². The second-order valence-corrected chi connectivity index (χ2v) is 5.68. The molecule has 1 saturated carbocycles. The predicted molar refractivity (Wildman–Crippen MR) is 80.8 cm³/mol. The molecule has 1 fully saturated rings. The topological polar surface area (TPSA) is 21.3 Å². The van der Waals surface area contributed by atoms with Gasteiger partial charge in [-0.05, 0) is 63.3 Å². The number of nitrogens with one attached hydrogen (secondary N) is 1. The number of rotatable bonds is 5. The fourth-order valence-corrected chi connectivity index (χ4v) is 2.86. The summed E-state index contributed by atoms with van der Waals surface area (Å²) in [6.45, 7) is 7.50. The molecular formula is C17H27NO. The van der Waals surface area contributed by atoms with Crippen LogP contribution in [0, 0.1) is 6.92 Å². The van der Waals surface area contributed by atoms with Crippen LogP contribution in [-0.2, 0) is 0 Å². The molecule has 0 heterocycles. The smallest absolute Gasteiger partial charge is 0.122 e. The van der Waals surface area contributed by atoms with Crippen LogP contribution >= 0.6 is 0 Å². The van der Waals surface area contributed by atoms with Gasteiger partial charge in [-0.1, -0.05) is 25.5 Å². The van der Waals surface area contributed by atoms with E-state index in [9.17, 15) is 0 Å². The third kappa shape index (κ3) is 3.97. The third-order valence-electron chi connectivity index (χ3n) is 4.06. The van der Waals surface area contributed by atoms with Gasteiger partial charge >= 0.3 is 0 Å². The van der Waals surface area contributed by atoms with Gasteiger partial charge in [0.05, 0.1) is 6.10 Å². The van der Waals surface area contributed by atoms with Gasteiger partial charge in [0.2, 0.25) is 0 Å². The van der Waals surface area contributed by atoms with Crippen molar-refractivity contribution < 1.29 is 4.74 Å². The molecule has 19 heavy (non-hydrogen) atoms. The number of hydrogen-bond acceptors (Lipinski definition) is 2. The zero-order chi connectivity index (χ0) is 13.7. The number of hydrogen-bond donors (Lipinski definition) is 1. The minimum Gasteiger partial charge on any atom is -0.490 e. The number of ether oxygens (including phenoxy) is 1. The van der Waals surface area contributed by atoms with E-state index >= 15 is 0 Å². The highest BCUT2D eigenvalue weighted by Gasteiger charge is 2.16. The van der Waals surface area contributed by atoms with Gasteiger partial charge in [0.1, 0.15) is 5.75 Å². The van der Waals surface area contributed by atoms with Crippen molar-refractivity contribution in [2.24, 2.45) is 0 Å². The molecule has 0 bridgehead atoms. The van der Waals surface area contributed by atoms with E-state index in [-0.39, 0.29) is 0 Å². The highest BCUT2D eigenvalue weighted by atomic mass is 16.5. The molecule has 0 amide bonds. The lowest BCUT2D eigenvalue weighted by molar-refractivity contribution is 0.154. The van der Waals surface area contributed by atoms with E-state index in [0.717, 1.165) is 12.3 Å². The maximum absolute atomic E-state index is 6.16. The average molecular weight is 261 g/mol. The van der Waals surface area contributed by atoms with Gasteiger partial charge < -0.3 is 10.1 Å². The van der Waals surface area contributed by atoms with Crippen molar-refractivity contribution in [2.45, 2.75) is 65.0 Å². The van der Waals surface area contributed by atoms with E-state index < -0.39 is 0 Å². The van der Waals surface area contributed by atoms with E-state index in [1.54, 1.807) is 0 Å². The minimum atomic E-state index is 0.410. The Labute approximate surface area is 117 Å². The Morgan fingerprint density at radius 1 is 1.26 bits per heavy atom. The molecule has 0 aromatic heterocycles. The molecule has 2 nitrogen and oxygen atoms in total. The van der Waals surface area contributed by atoms with E-state index in [4.69, 9.17) is 4.74 Å². The number of aryl methyl sites for hydroxylation is 1. The SMILES string of the molecule is CCNC(C)c1ccc(OC2CCCCC2)c(C)c1. The van der Waals surface area contributed by atoms with Crippen molar-refractivity contribution in [3.05, 3.63) is 29.3 Å². The molecule has 1 aliphatic rings. The summed E-state index contributed by atoms with van der Waals surface area (Å²) in [5.41, 5.74) is 2.60. The zero-order valence-corrected chi connectivity index (χ0v) is 12.5. The Balaban J connectivity index is 2.01. The van der Waals surface area contributed by atoms with Gasteiger partial charge in [-0.2, -0.15) is 0 Å². The zero-order valence-electron chi connectivity index (χ0n) is 12.5. The molecule has 106 valence electrons. The Hall–Kier alpha value is -1.02. The van der Waals surface area contributed by atoms with Crippen molar-refractivity contribution in [1.29, 1.82) is 0 Å². The first-order valence-electron chi connectivity index (χ1n) is 7.71. The van der Waals surface area contributed by atoms with Gasteiger partial charge in [0.15, 0.2) is 0 Å². The van der Waals surface area contributed by atoms with Crippen LogP contribution in [0.2, 0.25) is 0 Å². The molecule has 0 aliphatic heterocycles. The van der Waals surface area contributed by atoms with Crippen LogP contribution in [0.25, 0.3) is 0 Å². The maximum Gasteiger partial charge on any atom is 0.122 e. The first kappa shape index (κ1) is 14.4. The van der Waals surface area contributed by atoms with Crippen LogP contribution in [0.1, 0.15) is 63.1 Å². The quantitative estimate of drug-likeness (QED) is 0.849. The molecule has 2 rings (SSSR count). The van der Waals surface area contributed by atoms with Crippen LogP contribution < -0.4 is 10.1 Å². The largest absolute Gasteiger partial charge is 0.490 e. The van der Waals surface area contributed by atoms with E-state index in [0.29, 0.717) is 12.1 Å². The summed E-state index contributed by atoms with van der Waals surface area (Å²) in [6, 6.07) is 7.00. The molecule has 1 aromatic carbocycles. The Kier molecular flexibility index (Phi) is 5.26. The molecule has 1 aromatic rings. The van der Waals surface area contributed by atoms with Crippen LogP contribution in [0.5, 0.6) is 5.75 Å². The van der Waals surface area contributed by atoms with Crippen LogP contribution in [0.4, 0.5) is 0 Å². The minimum absolute atomic E-state index is 0.410. The Morgan fingerprint density at radius 2 is 2.00 bits per heavy atom. The lowest BCUT2D eigenvalue weighted by atomic mass is 9.97. The summed E-state index contributed by atoms with van der Waals surface area (Å²) in [5.74, 6) is 1.07. The Bertz CT molecular complexity index is 396. The van der Waals surface area contributed by atoms with Crippen molar-refractivity contribution in [3.63, 3.8) is 0 Å². The first-order chi connectivity index (χ1) is 9.20. The summed E-state index contributed by atoms with van der Waals surface area (Å²) in [4.78, 5) is 0. The van der Waals surface area contributed by atoms with Gasteiger partial charge in [0.25, 0.3) is 0 Å². The summed E-state index contributed by atoms with van der Waals surface area (Å²) in [7, 11) is 0. The van der Waals surface area contributed by atoms with E-state index in [2.05, 4.69) is 44.3 Å². The lowest BCUT2D eigenvalue weighted by Crippen LogP contribution is -2.20. The number of benzene rings is 1. The molecule has 1 aliphatic carbocycles. The monoisotopic (exact) mass is 261 g/mol. The Morgan fingerprint density at radius 3 is 2.63 bits per heavy atom. The van der Waals surface area contributed by atoms with Gasteiger partial charge in [-0.3, -0.25) is 0 Å². The normalized spacial score (nSPS) is 18.3. The molecule has 0 saturated heterocycles. The molecule has 0 spiro atoms. The molecule has 1 unspecified atom stereocenters. The molecule has 0 radical (unpaired) electrons. The summed E-state index contributed by atoms with van der Waals surface area (Å²) < 4.78 is 6.16. The third-order valence-corrected chi connectivity index (χ3v) is 4.06. The molecule has 1 N–H and O–H groups in total. The van der Waals surface area contributed by atoms with Gasteiger partial charge in [-0.25, -0.2) is 0 Å².